The van der Waals surface area contributed by atoms with Crippen LogP contribution in [0.25, 0.3) is 5.57 Å². The number of nitrogens with one attached hydrogen (secondary N) is 1. The standard InChI is InChI=1S/C23H18N4O5/c1-32-19-6-2-5-17(12-19)25-21-20(16-7-9-18(10-8-16)27(30)31)22(28)26(23(21)29)14-15-4-3-11-24-13-15/h2-13,25H,14H2,1H3. The molecule has 32 heavy (non-hydrogen) atoms. The van der Waals surface area contributed by atoms with Gasteiger partial charge >= 0.3 is 0 Å². The molecule has 160 valence electrons. The van der Waals surface area contributed by atoms with Gasteiger partial charge in [-0.05, 0) is 41.5 Å². The van der Waals surface area contributed by atoms with Gasteiger partial charge < -0.3 is 10.1 Å². The smallest absolute Gasteiger partial charge is 0.278 e. The number of pyridine rings is 1. The largest absolute Gasteiger partial charge is 0.497 e. The van der Waals surface area contributed by atoms with Gasteiger partial charge in [0.2, 0.25) is 0 Å². The number of rotatable bonds is 7. The Balaban J connectivity index is 1.75. The van der Waals surface area contributed by atoms with E-state index in [2.05, 4.69) is 10.3 Å². The van der Waals surface area contributed by atoms with E-state index in [1.807, 2.05) is 0 Å². The van der Waals surface area contributed by atoms with Crippen molar-refractivity contribution in [3.05, 3.63) is 100.0 Å². The molecule has 0 fully saturated rings. The van der Waals surface area contributed by atoms with E-state index in [0.29, 0.717) is 22.6 Å². The Kier molecular flexibility index (Phi) is 5.63. The van der Waals surface area contributed by atoms with Crippen LogP contribution in [0.3, 0.4) is 0 Å². The van der Waals surface area contributed by atoms with E-state index < -0.39 is 16.7 Å². The second kappa shape index (κ2) is 8.68. The Labute approximate surface area is 183 Å². The van der Waals surface area contributed by atoms with Gasteiger partial charge in [-0.3, -0.25) is 29.6 Å². The molecule has 0 radical (unpaired) electrons. The maximum Gasteiger partial charge on any atom is 0.278 e. The lowest BCUT2D eigenvalue weighted by atomic mass is 10.0. The Morgan fingerprint density at radius 3 is 2.50 bits per heavy atom. The molecule has 0 bridgehead atoms. The number of aromatic nitrogens is 1. The molecule has 0 aliphatic carbocycles. The van der Waals surface area contributed by atoms with Crippen molar-refractivity contribution in [2.24, 2.45) is 0 Å². The summed E-state index contributed by atoms with van der Waals surface area (Å²) < 4.78 is 5.23. The van der Waals surface area contributed by atoms with Gasteiger partial charge in [-0.2, -0.15) is 0 Å². The zero-order valence-electron chi connectivity index (χ0n) is 17.0. The molecule has 0 spiro atoms. The molecule has 9 heteroatoms. The SMILES string of the molecule is COc1cccc(NC2=C(c3ccc([N+](=O)[O-])cc3)C(=O)N(Cc3cccnc3)C2=O)c1. The lowest BCUT2D eigenvalue weighted by molar-refractivity contribution is -0.384. The molecule has 9 nitrogen and oxygen atoms in total. The number of non-ortho nitro benzene ring substituents is 1. The van der Waals surface area contributed by atoms with Crippen LogP contribution in [0, 0.1) is 10.1 Å². The number of amides is 2. The van der Waals surface area contributed by atoms with E-state index in [4.69, 9.17) is 4.74 Å². The fraction of sp³-hybridized carbons (Fsp3) is 0.0870. The summed E-state index contributed by atoms with van der Waals surface area (Å²) in [7, 11) is 1.53. The molecular formula is C23H18N4O5. The predicted molar refractivity (Wildman–Crippen MR) is 116 cm³/mol. The van der Waals surface area contributed by atoms with Crippen LogP contribution in [0.15, 0.2) is 78.8 Å². The fourth-order valence-corrected chi connectivity index (χ4v) is 3.37. The first kappa shape index (κ1) is 20.7. The molecule has 0 saturated carbocycles. The Morgan fingerprint density at radius 1 is 1.06 bits per heavy atom. The van der Waals surface area contributed by atoms with E-state index in [1.54, 1.807) is 48.8 Å². The molecule has 1 aliphatic heterocycles. The highest BCUT2D eigenvalue weighted by atomic mass is 16.6. The number of carbonyl (C=O) groups excluding carboxylic acids is 2. The maximum atomic E-state index is 13.3. The summed E-state index contributed by atoms with van der Waals surface area (Å²) in [6.07, 6.45) is 3.19. The average molecular weight is 430 g/mol. The summed E-state index contributed by atoms with van der Waals surface area (Å²) in [6, 6.07) is 16.0. The number of imide groups is 1. The summed E-state index contributed by atoms with van der Waals surface area (Å²) in [5.41, 5.74) is 1.76. The number of methoxy groups -OCH3 is 1. The molecule has 0 atom stereocenters. The van der Waals surface area contributed by atoms with E-state index in [0.717, 1.165) is 4.90 Å². The van der Waals surface area contributed by atoms with Crippen molar-refractivity contribution in [1.82, 2.24) is 9.88 Å². The van der Waals surface area contributed by atoms with Crippen molar-refractivity contribution < 1.29 is 19.2 Å². The van der Waals surface area contributed by atoms with Crippen LogP contribution in [0.5, 0.6) is 5.75 Å². The number of nitrogens with zero attached hydrogens (tertiary/aromatic N) is 3. The zero-order valence-corrected chi connectivity index (χ0v) is 17.0. The topological polar surface area (TPSA) is 115 Å². The molecule has 0 unspecified atom stereocenters. The third-order valence-electron chi connectivity index (χ3n) is 4.94. The van der Waals surface area contributed by atoms with Crippen molar-refractivity contribution in [2.45, 2.75) is 6.54 Å². The molecule has 1 aromatic heterocycles. The first-order chi connectivity index (χ1) is 15.5. The van der Waals surface area contributed by atoms with Crippen molar-refractivity contribution in [3.63, 3.8) is 0 Å². The summed E-state index contributed by atoms with van der Waals surface area (Å²) in [5, 5.41) is 14.0. The normalized spacial score (nSPS) is 13.5. The van der Waals surface area contributed by atoms with Crippen LogP contribution in [0.1, 0.15) is 11.1 Å². The maximum absolute atomic E-state index is 13.3. The number of nitro benzene ring substituents is 1. The first-order valence-corrected chi connectivity index (χ1v) is 9.63. The van der Waals surface area contributed by atoms with Gasteiger partial charge in [-0.15, -0.1) is 0 Å². The number of carbonyl (C=O) groups is 2. The summed E-state index contributed by atoms with van der Waals surface area (Å²) >= 11 is 0. The van der Waals surface area contributed by atoms with Gasteiger partial charge in [0.05, 0.1) is 24.2 Å². The van der Waals surface area contributed by atoms with Crippen LogP contribution in [0.2, 0.25) is 0 Å². The summed E-state index contributed by atoms with van der Waals surface area (Å²) in [4.78, 5) is 42.2. The van der Waals surface area contributed by atoms with Gasteiger partial charge in [0.15, 0.2) is 0 Å². The third-order valence-corrected chi connectivity index (χ3v) is 4.94. The zero-order chi connectivity index (χ0) is 22.7. The first-order valence-electron chi connectivity index (χ1n) is 9.63. The van der Waals surface area contributed by atoms with Gasteiger partial charge in [-0.1, -0.05) is 12.1 Å². The third kappa shape index (κ3) is 4.04. The molecule has 2 aromatic carbocycles. The predicted octanol–water partition coefficient (Wildman–Crippen LogP) is 3.39. The average Bonchev–Trinajstić information content (AvgIpc) is 3.04. The Hall–Kier alpha value is -4.53. The number of hydrogen-bond donors (Lipinski definition) is 1. The number of anilines is 1. The Morgan fingerprint density at radius 2 is 1.84 bits per heavy atom. The number of nitro groups is 1. The van der Waals surface area contributed by atoms with Crippen LogP contribution in [0.4, 0.5) is 11.4 Å². The number of hydrogen-bond acceptors (Lipinski definition) is 7. The van der Waals surface area contributed by atoms with Crippen LogP contribution >= 0.6 is 0 Å². The molecule has 2 amide bonds. The minimum absolute atomic E-state index is 0.0469. The van der Waals surface area contributed by atoms with E-state index >= 15 is 0 Å². The van der Waals surface area contributed by atoms with E-state index in [-0.39, 0.29) is 23.5 Å². The molecule has 0 saturated heterocycles. The van der Waals surface area contributed by atoms with E-state index in [9.17, 15) is 19.7 Å². The van der Waals surface area contributed by atoms with E-state index in [1.165, 1.54) is 31.4 Å². The Bertz CT molecular complexity index is 1220. The van der Waals surface area contributed by atoms with Crippen molar-refractivity contribution in [3.8, 4) is 5.75 Å². The molecule has 1 aliphatic rings. The van der Waals surface area contributed by atoms with Crippen LogP contribution in [-0.2, 0) is 16.1 Å². The second-order valence-corrected chi connectivity index (χ2v) is 6.97. The minimum atomic E-state index is -0.524. The molecule has 1 N–H and O–H groups in total. The number of benzene rings is 2. The lowest BCUT2D eigenvalue weighted by Crippen LogP contribution is -2.32. The van der Waals surface area contributed by atoms with Crippen molar-refractivity contribution in [1.29, 1.82) is 0 Å². The fourth-order valence-electron chi connectivity index (χ4n) is 3.37. The van der Waals surface area contributed by atoms with Crippen LogP contribution in [-0.4, -0.2) is 33.7 Å². The number of ether oxygens (including phenoxy) is 1. The minimum Gasteiger partial charge on any atom is -0.497 e. The molecule has 2 heterocycles. The lowest BCUT2D eigenvalue weighted by Gasteiger charge is -2.15. The van der Waals surface area contributed by atoms with Crippen LogP contribution < -0.4 is 10.1 Å². The summed E-state index contributed by atoms with van der Waals surface area (Å²) in [6.45, 7) is 0.0469. The second-order valence-electron chi connectivity index (χ2n) is 6.97. The van der Waals surface area contributed by atoms with Gasteiger partial charge in [0.1, 0.15) is 11.4 Å². The van der Waals surface area contributed by atoms with Gasteiger partial charge in [-0.25, -0.2) is 0 Å². The van der Waals surface area contributed by atoms with Gasteiger partial charge in [0, 0.05) is 36.3 Å². The van der Waals surface area contributed by atoms with Crippen molar-refractivity contribution in [2.75, 3.05) is 12.4 Å². The monoisotopic (exact) mass is 430 g/mol. The molecular weight excluding hydrogens is 412 g/mol. The summed E-state index contributed by atoms with van der Waals surface area (Å²) in [5.74, 6) is -0.426. The highest BCUT2D eigenvalue weighted by Crippen LogP contribution is 2.32. The highest BCUT2D eigenvalue weighted by Gasteiger charge is 2.39. The molecule has 4 rings (SSSR count). The van der Waals surface area contributed by atoms with Gasteiger partial charge in [0.25, 0.3) is 17.5 Å². The highest BCUT2D eigenvalue weighted by molar-refractivity contribution is 6.36. The van der Waals surface area contributed by atoms with Crippen molar-refractivity contribution >= 4 is 28.8 Å². The quantitative estimate of drug-likeness (QED) is 0.347. The molecule has 3 aromatic rings.